The van der Waals surface area contributed by atoms with E-state index < -0.39 is 0 Å². The van der Waals surface area contributed by atoms with Crippen LogP contribution >= 0.6 is 0 Å². The molecule has 0 aliphatic heterocycles. The molecule has 2 aromatic rings. The van der Waals surface area contributed by atoms with Gasteiger partial charge in [0.2, 0.25) is 0 Å². The van der Waals surface area contributed by atoms with Crippen LogP contribution in [0, 0.1) is 6.92 Å². The van der Waals surface area contributed by atoms with Crippen LogP contribution in [0.15, 0.2) is 48.7 Å². The van der Waals surface area contributed by atoms with E-state index in [-0.39, 0.29) is 0 Å². The van der Waals surface area contributed by atoms with E-state index >= 15 is 0 Å². The number of pyridine rings is 1. The van der Waals surface area contributed by atoms with Crippen LogP contribution in [-0.4, -0.2) is 4.98 Å². The lowest BCUT2D eigenvalue weighted by Crippen LogP contribution is -1.85. The highest BCUT2D eigenvalue weighted by Crippen LogP contribution is 2.17. The zero-order valence-corrected chi connectivity index (χ0v) is 8.69. The zero-order valence-electron chi connectivity index (χ0n) is 8.69. The Labute approximate surface area is 90.8 Å². The normalized spacial score (nSPS) is 10.2. The Balaban J connectivity index is 2.24. The first-order valence-electron chi connectivity index (χ1n) is 5.20. The molecule has 0 fully saturated rings. The molecule has 75 valence electrons. The smallest absolute Gasteiger partial charge is 0.0701 e. The van der Waals surface area contributed by atoms with Crippen molar-refractivity contribution < 1.29 is 0 Å². The van der Waals surface area contributed by atoms with E-state index in [0.29, 0.717) is 0 Å². The van der Waals surface area contributed by atoms with Crippen LogP contribution in [0.1, 0.15) is 12.0 Å². The molecule has 0 aliphatic rings. The Hall–Kier alpha value is -1.63. The first-order valence-corrected chi connectivity index (χ1v) is 5.20. The summed E-state index contributed by atoms with van der Waals surface area (Å²) in [6.07, 6.45) is 3.81. The number of aromatic nitrogens is 1. The molecule has 0 unspecified atom stereocenters. The number of hydrogen-bond acceptors (Lipinski definition) is 1. The first kappa shape index (κ1) is 9.91. The van der Waals surface area contributed by atoms with Gasteiger partial charge in [-0.3, -0.25) is 4.98 Å². The molecule has 0 bridgehead atoms. The third kappa shape index (κ3) is 2.44. The molecule has 1 radical (unpaired) electrons. The SMILES string of the molecule is [CH2]CCc1ccc(-c2ccccn2)cc1. The van der Waals surface area contributed by atoms with Gasteiger partial charge in [-0.2, -0.15) is 0 Å². The summed E-state index contributed by atoms with van der Waals surface area (Å²) in [5.74, 6) is 0. The Bertz CT molecular complexity index is 403. The van der Waals surface area contributed by atoms with Gasteiger partial charge in [-0.1, -0.05) is 37.3 Å². The Kier molecular flexibility index (Phi) is 3.13. The minimum atomic E-state index is 0.947. The van der Waals surface area contributed by atoms with Crippen LogP contribution in [0.4, 0.5) is 0 Å². The van der Waals surface area contributed by atoms with Crippen molar-refractivity contribution in [3.05, 3.63) is 61.1 Å². The Morgan fingerprint density at radius 1 is 1.00 bits per heavy atom. The zero-order chi connectivity index (χ0) is 10.5. The van der Waals surface area contributed by atoms with E-state index in [0.717, 1.165) is 18.5 Å². The highest BCUT2D eigenvalue weighted by atomic mass is 14.7. The maximum Gasteiger partial charge on any atom is 0.0701 e. The standard InChI is InChI=1S/C14H14N/c1-2-5-12-7-9-13(10-8-12)14-6-3-4-11-15-14/h3-4,6-11H,1-2,5H2. The van der Waals surface area contributed by atoms with Gasteiger partial charge in [0.15, 0.2) is 0 Å². The van der Waals surface area contributed by atoms with Crippen LogP contribution < -0.4 is 0 Å². The maximum absolute atomic E-state index is 4.31. The molecule has 0 aliphatic carbocycles. The summed E-state index contributed by atoms with van der Waals surface area (Å²) in [5.41, 5.74) is 3.53. The van der Waals surface area contributed by atoms with Crippen molar-refractivity contribution in [2.24, 2.45) is 0 Å². The van der Waals surface area contributed by atoms with E-state index in [4.69, 9.17) is 0 Å². The molecule has 1 nitrogen and oxygen atoms in total. The molecule has 0 atom stereocenters. The third-order valence-corrected chi connectivity index (χ3v) is 2.38. The van der Waals surface area contributed by atoms with E-state index in [1.807, 2.05) is 24.4 Å². The molecule has 0 saturated heterocycles. The molecule has 15 heavy (non-hydrogen) atoms. The van der Waals surface area contributed by atoms with Gasteiger partial charge >= 0.3 is 0 Å². The molecule has 1 heteroatoms. The van der Waals surface area contributed by atoms with Crippen molar-refractivity contribution in [2.45, 2.75) is 12.8 Å². The number of benzene rings is 1. The van der Waals surface area contributed by atoms with Crippen LogP contribution in [-0.2, 0) is 6.42 Å². The van der Waals surface area contributed by atoms with Crippen molar-refractivity contribution >= 4 is 0 Å². The topological polar surface area (TPSA) is 12.9 Å². The predicted molar refractivity (Wildman–Crippen MR) is 63.4 cm³/mol. The molecule has 1 aromatic carbocycles. The van der Waals surface area contributed by atoms with Gasteiger partial charge in [0, 0.05) is 11.8 Å². The summed E-state index contributed by atoms with van der Waals surface area (Å²) in [7, 11) is 0. The first-order chi connectivity index (χ1) is 7.40. The average Bonchev–Trinajstić information content (AvgIpc) is 2.32. The summed E-state index contributed by atoms with van der Waals surface area (Å²) in [4.78, 5) is 4.31. The van der Waals surface area contributed by atoms with Gasteiger partial charge in [0.25, 0.3) is 0 Å². The monoisotopic (exact) mass is 196 g/mol. The van der Waals surface area contributed by atoms with Crippen molar-refractivity contribution in [2.75, 3.05) is 0 Å². The van der Waals surface area contributed by atoms with Gasteiger partial charge in [-0.25, -0.2) is 0 Å². The number of nitrogens with zero attached hydrogens (tertiary/aromatic N) is 1. The summed E-state index contributed by atoms with van der Waals surface area (Å²) in [6, 6.07) is 14.5. The van der Waals surface area contributed by atoms with E-state index in [1.165, 1.54) is 11.1 Å². The Morgan fingerprint density at radius 2 is 1.80 bits per heavy atom. The van der Waals surface area contributed by atoms with Gasteiger partial charge in [-0.15, -0.1) is 0 Å². The second kappa shape index (κ2) is 4.74. The molecule has 0 saturated carbocycles. The fourth-order valence-electron chi connectivity index (χ4n) is 1.58. The second-order valence-corrected chi connectivity index (χ2v) is 3.52. The maximum atomic E-state index is 4.31. The second-order valence-electron chi connectivity index (χ2n) is 3.52. The van der Waals surface area contributed by atoms with E-state index in [9.17, 15) is 0 Å². The summed E-state index contributed by atoms with van der Waals surface area (Å²) >= 11 is 0. The fraction of sp³-hybridized carbons (Fsp3) is 0.143. The van der Waals surface area contributed by atoms with Gasteiger partial charge in [-0.05, 0) is 30.5 Å². The van der Waals surface area contributed by atoms with Gasteiger partial charge < -0.3 is 0 Å². The van der Waals surface area contributed by atoms with Crippen molar-refractivity contribution in [1.82, 2.24) is 4.98 Å². The number of hydrogen-bond donors (Lipinski definition) is 0. The summed E-state index contributed by atoms with van der Waals surface area (Å²) < 4.78 is 0. The average molecular weight is 196 g/mol. The molecule has 1 aromatic heterocycles. The van der Waals surface area contributed by atoms with Crippen molar-refractivity contribution in [3.8, 4) is 11.3 Å². The van der Waals surface area contributed by atoms with Crippen LogP contribution in [0.5, 0.6) is 0 Å². The molecular weight excluding hydrogens is 182 g/mol. The van der Waals surface area contributed by atoms with Crippen molar-refractivity contribution in [3.63, 3.8) is 0 Å². The summed E-state index contributed by atoms with van der Waals surface area (Å²) in [6.45, 7) is 3.85. The lowest BCUT2D eigenvalue weighted by molar-refractivity contribution is 1.000. The summed E-state index contributed by atoms with van der Waals surface area (Å²) in [5, 5.41) is 0. The van der Waals surface area contributed by atoms with Crippen LogP contribution in [0.25, 0.3) is 11.3 Å². The molecular formula is C14H14N. The lowest BCUT2D eigenvalue weighted by Gasteiger charge is -2.02. The van der Waals surface area contributed by atoms with E-state index in [1.54, 1.807) is 0 Å². The van der Waals surface area contributed by atoms with Crippen LogP contribution in [0.3, 0.4) is 0 Å². The molecule has 0 amide bonds. The van der Waals surface area contributed by atoms with Crippen molar-refractivity contribution in [1.29, 1.82) is 0 Å². The molecule has 0 spiro atoms. The Morgan fingerprint density at radius 3 is 2.40 bits per heavy atom. The molecule has 1 heterocycles. The number of rotatable bonds is 3. The minimum Gasteiger partial charge on any atom is -0.256 e. The molecule has 0 N–H and O–H groups in total. The van der Waals surface area contributed by atoms with Crippen LogP contribution in [0.2, 0.25) is 0 Å². The minimum absolute atomic E-state index is 0.947. The molecule has 2 rings (SSSR count). The highest BCUT2D eigenvalue weighted by molar-refractivity contribution is 5.58. The largest absolute Gasteiger partial charge is 0.256 e. The van der Waals surface area contributed by atoms with Gasteiger partial charge in [0.05, 0.1) is 5.69 Å². The lowest BCUT2D eigenvalue weighted by atomic mass is 10.1. The third-order valence-electron chi connectivity index (χ3n) is 2.38. The fourth-order valence-corrected chi connectivity index (χ4v) is 1.58. The van der Waals surface area contributed by atoms with E-state index in [2.05, 4.69) is 36.2 Å². The predicted octanol–water partition coefficient (Wildman–Crippen LogP) is 3.52. The number of aryl methyl sites for hydroxylation is 1. The van der Waals surface area contributed by atoms with Gasteiger partial charge in [0.1, 0.15) is 0 Å². The quantitative estimate of drug-likeness (QED) is 0.732. The highest BCUT2D eigenvalue weighted by Gasteiger charge is 1.97.